The number of sulfone groups is 1. The second kappa shape index (κ2) is 4.75. The summed E-state index contributed by atoms with van der Waals surface area (Å²) >= 11 is 0. The van der Waals surface area contributed by atoms with Crippen molar-refractivity contribution in [3.8, 4) is 0 Å². The molecule has 0 saturated heterocycles. The maximum Gasteiger partial charge on any atom is 0.243 e. The van der Waals surface area contributed by atoms with E-state index >= 15 is 0 Å². The molecule has 2 N–H and O–H groups in total. The molecule has 0 aliphatic carbocycles. The third kappa shape index (κ3) is 2.89. The van der Waals surface area contributed by atoms with Crippen LogP contribution in [0.2, 0.25) is 0 Å². The van der Waals surface area contributed by atoms with Gasteiger partial charge in [0.25, 0.3) is 0 Å². The number of hydrogen-bond donors (Lipinski definition) is 1. The average molecular weight is 245 g/mol. The van der Waals surface area contributed by atoms with Crippen LogP contribution in [0.4, 0.5) is 0 Å². The Morgan fingerprint density at radius 1 is 1.62 bits per heavy atom. The van der Waals surface area contributed by atoms with Crippen molar-refractivity contribution in [2.75, 3.05) is 6.26 Å². The molecule has 1 rings (SSSR count). The van der Waals surface area contributed by atoms with Crippen LogP contribution in [0.3, 0.4) is 0 Å². The van der Waals surface area contributed by atoms with Crippen molar-refractivity contribution in [1.82, 2.24) is 10.1 Å². The van der Waals surface area contributed by atoms with Crippen molar-refractivity contribution in [3.05, 3.63) is 24.4 Å². The van der Waals surface area contributed by atoms with Crippen LogP contribution >= 0.6 is 0 Å². The number of rotatable bonds is 5. The molecule has 2 atom stereocenters. The lowest BCUT2D eigenvalue weighted by atomic mass is 10.2. The molecular formula is C9H15N3O3S. The zero-order valence-electron chi connectivity index (χ0n) is 9.25. The topological polar surface area (TPSA) is 99.1 Å². The normalized spacial score (nSPS) is 15.7. The molecule has 0 aliphatic rings. The van der Waals surface area contributed by atoms with Crippen LogP contribution in [0.5, 0.6) is 0 Å². The fraction of sp³-hybridized carbons (Fsp3) is 0.556. The van der Waals surface area contributed by atoms with E-state index in [2.05, 4.69) is 16.7 Å². The maximum atomic E-state index is 11.3. The van der Waals surface area contributed by atoms with Gasteiger partial charge in [-0.25, -0.2) is 8.42 Å². The second-order valence-corrected chi connectivity index (χ2v) is 5.96. The van der Waals surface area contributed by atoms with Gasteiger partial charge in [-0.05, 0) is 13.3 Å². The highest BCUT2D eigenvalue weighted by molar-refractivity contribution is 7.90. The number of nitrogens with two attached hydrogens (primary N) is 1. The molecule has 1 aromatic heterocycles. The van der Waals surface area contributed by atoms with Gasteiger partial charge >= 0.3 is 0 Å². The van der Waals surface area contributed by atoms with Crippen molar-refractivity contribution in [3.63, 3.8) is 0 Å². The predicted molar refractivity (Wildman–Crippen MR) is 59.3 cm³/mol. The first kappa shape index (κ1) is 12.9. The Balaban J connectivity index is 2.91. The Labute approximate surface area is 94.4 Å². The van der Waals surface area contributed by atoms with Crippen LogP contribution in [0, 0.1) is 0 Å². The van der Waals surface area contributed by atoms with Gasteiger partial charge in [0.1, 0.15) is 5.25 Å². The second-order valence-electron chi connectivity index (χ2n) is 3.59. The lowest BCUT2D eigenvalue weighted by molar-refractivity contribution is 0.351. The van der Waals surface area contributed by atoms with E-state index in [0.717, 1.165) is 6.26 Å². The van der Waals surface area contributed by atoms with Crippen LogP contribution in [-0.2, 0) is 9.84 Å². The van der Waals surface area contributed by atoms with Crippen molar-refractivity contribution in [1.29, 1.82) is 0 Å². The lowest BCUT2D eigenvalue weighted by Gasteiger charge is -2.02. The molecule has 0 aromatic carbocycles. The zero-order valence-corrected chi connectivity index (χ0v) is 10.1. The molecule has 1 aromatic rings. The number of nitrogens with zero attached hydrogens (tertiary/aromatic N) is 2. The van der Waals surface area contributed by atoms with E-state index in [-0.39, 0.29) is 11.7 Å². The first-order valence-corrected chi connectivity index (χ1v) is 6.70. The summed E-state index contributed by atoms with van der Waals surface area (Å²) in [5.74, 6) is 0.363. The Kier molecular flexibility index (Phi) is 3.82. The first-order chi connectivity index (χ1) is 7.36. The highest BCUT2D eigenvalue weighted by Crippen LogP contribution is 2.20. The Bertz CT molecular complexity index is 466. The van der Waals surface area contributed by atoms with Gasteiger partial charge in [0.05, 0.1) is 6.04 Å². The standard InChI is InChI=1S/C9H15N3O3S/c1-4-5-7(10)9-11-8(12-15-9)6(2)16(3,13)14/h4,6-7H,1,5,10H2,2-3H3. The molecule has 16 heavy (non-hydrogen) atoms. The van der Waals surface area contributed by atoms with Crippen LogP contribution < -0.4 is 5.73 Å². The van der Waals surface area contributed by atoms with Gasteiger partial charge in [0.2, 0.25) is 5.89 Å². The molecule has 1 heterocycles. The van der Waals surface area contributed by atoms with Gasteiger partial charge < -0.3 is 10.3 Å². The summed E-state index contributed by atoms with van der Waals surface area (Å²) in [6.45, 7) is 5.04. The highest BCUT2D eigenvalue weighted by atomic mass is 32.2. The van der Waals surface area contributed by atoms with Crippen molar-refractivity contribution >= 4 is 9.84 Å². The quantitative estimate of drug-likeness (QED) is 0.768. The monoisotopic (exact) mass is 245 g/mol. The Hall–Kier alpha value is -1.21. The Morgan fingerprint density at radius 3 is 2.75 bits per heavy atom. The molecule has 0 fully saturated rings. The Morgan fingerprint density at radius 2 is 2.25 bits per heavy atom. The van der Waals surface area contributed by atoms with Gasteiger partial charge in [-0.2, -0.15) is 4.98 Å². The maximum absolute atomic E-state index is 11.3. The minimum absolute atomic E-state index is 0.136. The van der Waals surface area contributed by atoms with Crippen LogP contribution in [0.25, 0.3) is 0 Å². The fourth-order valence-electron chi connectivity index (χ4n) is 1.03. The van der Waals surface area contributed by atoms with E-state index in [0.29, 0.717) is 6.42 Å². The third-order valence-electron chi connectivity index (χ3n) is 2.20. The molecule has 2 unspecified atom stereocenters. The van der Waals surface area contributed by atoms with Gasteiger partial charge in [-0.1, -0.05) is 11.2 Å². The predicted octanol–water partition coefficient (Wildman–Crippen LogP) is 0.751. The van der Waals surface area contributed by atoms with E-state index in [1.807, 2.05) is 0 Å². The third-order valence-corrected chi connectivity index (χ3v) is 3.70. The van der Waals surface area contributed by atoms with Crippen molar-refractivity contribution in [2.24, 2.45) is 5.73 Å². The van der Waals surface area contributed by atoms with Crippen LogP contribution in [0.15, 0.2) is 17.2 Å². The van der Waals surface area contributed by atoms with Crippen LogP contribution in [-0.4, -0.2) is 24.8 Å². The summed E-state index contributed by atoms with van der Waals surface area (Å²) in [5.41, 5.74) is 5.71. The van der Waals surface area contributed by atoms with Gasteiger partial charge in [0.15, 0.2) is 15.7 Å². The first-order valence-electron chi connectivity index (χ1n) is 4.75. The molecule has 0 bridgehead atoms. The molecule has 0 aliphatic heterocycles. The summed E-state index contributed by atoms with van der Waals surface area (Å²) in [4.78, 5) is 3.97. The molecule has 6 nitrogen and oxygen atoms in total. The summed E-state index contributed by atoms with van der Waals surface area (Å²) < 4.78 is 27.4. The molecule has 0 spiro atoms. The minimum Gasteiger partial charge on any atom is -0.338 e. The highest BCUT2D eigenvalue weighted by Gasteiger charge is 2.24. The zero-order chi connectivity index (χ0) is 12.3. The van der Waals surface area contributed by atoms with E-state index in [9.17, 15) is 8.42 Å². The molecule has 0 amide bonds. The van der Waals surface area contributed by atoms with Crippen molar-refractivity contribution < 1.29 is 12.9 Å². The largest absolute Gasteiger partial charge is 0.338 e. The summed E-state index contributed by atoms with van der Waals surface area (Å²) in [7, 11) is -3.23. The van der Waals surface area contributed by atoms with Gasteiger partial charge in [-0.3, -0.25) is 0 Å². The smallest absolute Gasteiger partial charge is 0.243 e. The summed E-state index contributed by atoms with van der Waals surface area (Å²) in [6, 6.07) is -0.439. The minimum atomic E-state index is -3.23. The van der Waals surface area contributed by atoms with Gasteiger partial charge in [0, 0.05) is 6.26 Å². The van der Waals surface area contributed by atoms with Gasteiger partial charge in [-0.15, -0.1) is 6.58 Å². The fourth-order valence-corrected chi connectivity index (χ4v) is 1.51. The molecular weight excluding hydrogens is 230 g/mol. The van der Waals surface area contributed by atoms with E-state index in [4.69, 9.17) is 10.3 Å². The van der Waals surface area contributed by atoms with Crippen molar-refractivity contribution in [2.45, 2.75) is 24.6 Å². The average Bonchev–Trinajstić information content (AvgIpc) is 2.64. The number of aromatic nitrogens is 2. The molecule has 0 radical (unpaired) electrons. The molecule has 0 saturated carbocycles. The molecule has 90 valence electrons. The van der Waals surface area contributed by atoms with Crippen LogP contribution in [0.1, 0.15) is 36.4 Å². The summed E-state index contributed by atoms with van der Waals surface area (Å²) in [5, 5.41) is 2.82. The summed E-state index contributed by atoms with van der Waals surface area (Å²) in [6.07, 6.45) is 3.25. The lowest BCUT2D eigenvalue weighted by Crippen LogP contribution is -2.11. The molecule has 7 heteroatoms. The van der Waals surface area contributed by atoms with E-state index in [1.165, 1.54) is 6.92 Å². The number of hydrogen-bond acceptors (Lipinski definition) is 6. The SMILES string of the molecule is C=CCC(N)c1nc(C(C)S(C)(=O)=O)no1. The van der Waals surface area contributed by atoms with E-state index < -0.39 is 21.1 Å². The van der Waals surface area contributed by atoms with E-state index in [1.54, 1.807) is 6.08 Å².